The summed E-state index contributed by atoms with van der Waals surface area (Å²) in [6.07, 6.45) is 9.62. The van der Waals surface area contributed by atoms with E-state index in [1.165, 1.54) is 0 Å². The van der Waals surface area contributed by atoms with Crippen molar-refractivity contribution in [1.29, 1.82) is 0 Å². The predicted molar refractivity (Wildman–Crippen MR) is 77.6 cm³/mol. The molecule has 6 heteroatoms. The van der Waals surface area contributed by atoms with Gasteiger partial charge in [-0.2, -0.15) is 0 Å². The van der Waals surface area contributed by atoms with Crippen LogP contribution in [-0.2, 0) is 6.54 Å². The number of carbonyl (C=O) groups excluding carboxylic acids is 1. The van der Waals surface area contributed by atoms with Crippen LogP contribution >= 0.6 is 0 Å². The highest BCUT2D eigenvalue weighted by molar-refractivity contribution is 5.99. The van der Waals surface area contributed by atoms with Gasteiger partial charge < -0.3 is 15.2 Å². The van der Waals surface area contributed by atoms with Crippen molar-refractivity contribution in [3.63, 3.8) is 0 Å². The lowest BCUT2D eigenvalue weighted by molar-refractivity contribution is 0.0953. The van der Waals surface area contributed by atoms with Gasteiger partial charge in [-0.1, -0.05) is 6.92 Å². The zero-order chi connectivity index (χ0) is 14.2. The number of anilines is 1. The number of carbonyl (C=O) groups is 1. The Labute approximate surface area is 118 Å². The van der Waals surface area contributed by atoms with Crippen LogP contribution in [0.3, 0.4) is 0 Å². The Bertz CT molecular complexity index is 538. The summed E-state index contributed by atoms with van der Waals surface area (Å²) in [6.45, 7) is 4.16. The lowest BCUT2D eigenvalue weighted by Gasteiger charge is -2.11. The highest BCUT2D eigenvalue weighted by Gasteiger charge is 2.10. The van der Waals surface area contributed by atoms with Gasteiger partial charge in [0.25, 0.3) is 5.91 Å². The zero-order valence-electron chi connectivity index (χ0n) is 11.5. The van der Waals surface area contributed by atoms with Crippen molar-refractivity contribution < 1.29 is 4.79 Å². The number of nitrogens with one attached hydrogen (secondary N) is 2. The minimum atomic E-state index is -0.0916. The molecule has 6 nitrogen and oxygen atoms in total. The Balaban J connectivity index is 1.91. The Morgan fingerprint density at radius 3 is 2.95 bits per heavy atom. The number of nitrogens with zero attached hydrogens (tertiary/aromatic N) is 3. The van der Waals surface area contributed by atoms with Gasteiger partial charge in [0.2, 0.25) is 0 Å². The molecule has 2 N–H and O–H groups in total. The van der Waals surface area contributed by atoms with E-state index in [4.69, 9.17) is 0 Å². The van der Waals surface area contributed by atoms with Crippen LogP contribution in [-0.4, -0.2) is 33.5 Å². The van der Waals surface area contributed by atoms with Crippen LogP contribution in [0.5, 0.6) is 0 Å². The van der Waals surface area contributed by atoms with E-state index in [1.54, 1.807) is 31.0 Å². The first-order valence-corrected chi connectivity index (χ1v) is 6.73. The average Bonchev–Trinajstić information content (AvgIpc) is 2.98. The van der Waals surface area contributed by atoms with E-state index in [9.17, 15) is 4.79 Å². The van der Waals surface area contributed by atoms with Gasteiger partial charge in [0.15, 0.2) is 0 Å². The van der Waals surface area contributed by atoms with E-state index < -0.39 is 0 Å². The Kier molecular flexibility index (Phi) is 5.11. The maximum atomic E-state index is 12.2. The third kappa shape index (κ3) is 3.81. The molecule has 0 unspecified atom stereocenters. The number of hydrogen-bond donors (Lipinski definition) is 2. The fourth-order valence-corrected chi connectivity index (χ4v) is 1.81. The van der Waals surface area contributed by atoms with Crippen LogP contribution < -0.4 is 10.6 Å². The SMILES string of the molecule is CCCNc1cnccc1C(=O)NCCn1ccnc1. The Morgan fingerprint density at radius 2 is 2.20 bits per heavy atom. The summed E-state index contributed by atoms with van der Waals surface area (Å²) in [7, 11) is 0. The number of aromatic nitrogens is 3. The molecule has 0 aliphatic heterocycles. The number of imidazole rings is 1. The van der Waals surface area contributed by atoms with E-state index in [2.05, 4.69) is 27.5 Å². The molecule has 0 bridgehead atoms. The zero-order valence-corrected chi connectivity index (χ0v) is 11.5. The molecule has 0 spiro atoms. The van der Waals surface area contributed by atoms with Crippen LogP contribution in [0.1, 0.15) is 23.7 Å². The van der Waals surface area contributed by atoms with Crippen LogP contribution in [0.25, 0.3) is 0 Å². The molecule has 2 rings (SSSR count). The Morgan fingerprint density at radius 1 is 1.30 bits per heavy atom. The smallest absolute Gasteiger partial charge is 0.253 e. The van der Waals surface area contributed by atoms with Crippen molar-refractivity contribution in [3.8, 4) is 0 Å². The quantitative estimate of drug-likeness (QED) is 0.802. The highest BCUT2D eigenvalue weighted by atomic mass is 16.1. The molecule has 0 radical (unpaired) electrons. The molecule has 0 fully saturated rings. The first-order chi connectivity index (χ1) is 9.81. The third-order valence-corrected chi connectivity index (χ3v) is 2.85. The fourth-order valence-electron chi connectivity index (χ4n) is 1.81. The van der Waals surface area contributed by atoms with Gasteiger partial charge >= 0.3 is 0 Å². The summed E-state index contributed by atoms with van der Waals surface area (Å²) in [4.78, 5) is 20.2. The lowest BCUT2D eigenvalue weighted by Crippen LogP contribution is -2.27. The largest absolute Gasteiger partial charge is 0.383 e. The predicted octanol–water partition coefficient (Wildman–Crippen LogP) is 1.53. The molecule has 0 saturated heterocycles. The van der Waals surface area contributed by atoms with E-state index in [1.807, 2.05) is 10.8 Å². The van der Waals surface area contributed by atoms with Gasteiger partial charge in [0, 0.05) is 38.2 Å². The molecule has 0 saturated carbocycles. The van der Waals surface area contributed by atoms with Crippen molar-refractivity contribution in [2.24, 2.45) is 0 Å². The normalized spacial score (nSPS) is 10.2. The van der Waals surface area contributed by atoms with Gasteiger partial charge in [0.05, 0.1) is 23.8 Å². The first-order valence-electron chi connectivity index (χ1n) is 6.73. The topological polar surface area (TPSA) is 71.8 Å². The van der Waals surface area contributed by atoms with Crippen molar-refractivity contribution >= 4 is 11.6 Å². The lowest BCUT2D eigenvalue weighted by atomic mass is 10.2. The fraction of sp³-hybridized carbons (Fsp3) is 0.357. The molecular weight excluding hydrogens is 254 g/mol. The summed E-state index contributed by atoms with van der Waals surface area (Å²) in [5.41, 5.74) is 1.40. The van der Waals surface area contributed by atoms with Crippen molar-refractivity contribution in [1.82, 2.24) is 19.9 Å². The summed E-state index contributed by atoms with van der Waals surface area (Å²) in [5, 5.41) is 6.11. The molecule has 106 valence electrons. The Hall–Kier alpha value is -2.37. The summed E-state index contributed by atoms with van der Waals surface area (Å²) >= 11 is 0. The minimum absolute atomic E-state index is 0.0916. The van der Waals surface area contributed by atoms with Crippen molar-refractivity contribution in [3.05, 3.63) is 42.7 Å². The van der Waals surface area contributed by atoms with Crippen LogP contribution in [0.2, 0.25) is 0 Å². The number of hydrogen-bond acceptors (Lipinski definition) is 4. The average molecular weight is 273 g/mol. The molecule has 20 heavy (non-hydrogen) atoms. The second-order valence-electron chi connectivity index (χ2n) is 4.40. The van der Waals surface area contributed by atoms with Crippen LogP contribution in [0.4, 0.5) is 5.69 Å². The summed E-state index contributed by atoms with van der Waals surface area (Å²) in [6, 6.07) is 1.73. The van der Waals surface area contributed by atoms with Crippen molar-refractivity contribution in [2.75, 3.05) is 18.4 Å². The molecule has 0 aliphatic rings. The van der Waals surface area contributed by atoms with Gasteiger partial charge in [-0.3, -0.25) is 9.78 Å². The van der Waals surface area contributed by atoms with E-state index >= 15 is 0 Å². The maximum absolute atomic E-state index is 12.2. The second-order valence-corrected chi connectivity index (χ2v) is 4.40. The highest BCUT2D eigenvalue weighted by Crippen LogP contribution is 2.12. The monoisotopic (exact) mass is 273 g/mol. The van der Waals surface area contributed by atoms with Gasteiger partial charge in [-0.15, -0.1) is 0 Å². The molecule has 0 atom stereocenters. The van der Waals surface area contributed by atoms with Crippen LogP contribution in [0, 0.1) is 0 Å². The second kappa shape index (κ2) is 7.28. The van der Waals surface area contributed by atoms with E-state index in [0.717, 1.165) is 18.7 Å². The summed E-state index contributed by atoms with van der Waals surface area (Å²) < 4.78 is 1.92. The standard InChI is InChI=1S/C14H19N5O/c1-2-4-17-13-10-15-5-3-12(13)14(20)18-7-9-19-8-6-16-11-19/h3,5-6,8,10-11,17H,2,4,7,9H2,1H3,(H,18,20). The van der Waals surface area contributed by atoms with Gasteiger partial charge in [-0.05, 0) is 12.5 Å². The molecular formula is C14H19N5O. The minimum Gasteiger partial charge on any atom is -0.383 e. The molecule has 2 aromatic heterocycles. The maximum Gasteiger partial charge on any atom is 0.253 e. The number of amides is 1. The first kappa shape index (κ1) is 14.0. The van der Waals surface area contributed by atoms with Crippen molar-refractivity contribution in [2.45, 2.75) is 19.9 Å². The molecule has 1 amide bonds. The molecule has 2 heterocycles. The van der Waals surface area contributed by atoms with Gasteiger partial charge in [-0.25, -0.2) is 4.98 Å². The number of pyridine rings is 1. The number of rotatable bonds is 7. The van der Waals surface area contributed by atoms with Crippen LogP contribution in [0.15, 0.2) is 37.2 Å². The molecule has 2 aromatic rings. The summed E-state index contributed by atoms with van der Waals surface area (Å²) in [5.74, 6) is -0.0916. The van der Waals surface area contributed by atoms with E-state index in [0.29, 0.717) is 18.7 Å². The molecule has 0 aromatic carbocycles. The van der Waals surface area contributed by atoms with Gasteiger partial charge in [0.1, 0.15) is 0 Å². The third-order valence-electron chi connectivity index (χ3n) is 2.85. The molecule has 0 aliphatic carbocycles. The van der Waals surface area contributed by atoms with E-state index in [-0.39, 0.29) is 5.91 Å².